The number of rotatable bonds is 6. The van der Waals surface area contributed by atoms with Crippen LogP contribution in [-0.4, -0.2) is 36.9 Å². The van der Waals surface area contributed by atoms with Crippen molar-refractivity contribution in [3.8, 4) is 5.75 Å². The first-order chi connectivity index (χ1) is 13.8. The molecule has 2 aromatic rings. The van der Waals surface area contributed by atoms with Crippen LogP contribution in [-0.2, 0) is 4.79 Å². The zero-order valence-electron chi connectivity index (χ0n) is 16.2. The molecule has 1 heterocycles. The van der Waals surface area contributed by atoms with Crippen molar-refractivity contribution in [2.75, 3.05) is 25.5 Å². The Morgan fingerprint density at radius 1 is 1.21 bits per heavy atom. The topological polar surface area (TPSA) is 84.7 Å². The van der Waals surface area contributed by atoms with Crippen LogP contribution in [0.5, 0.6) is 5.75 Å². The third kappa shape index (κ3) is 4.47. The number of anilines is 1. The monoisotopic (exact) mass is 403 g/mol. The van der Waals surface area contributed by atoms with Crippen LogP contribution in [0.2, 0.25) is 0 Å². The molecule has 0 radical (unpaired) electrons. The van der Waals surface area contributed by atoms with Crippen molar-refractivity contribution < 1.29 is 23.1 Å². The molecule has 3 N–H and O–H groups in total. The number of nitrogens with two attached hydrogens (primary N) is 1. The lowest BCUT2D eigenvalue weighted by atomic mass is 10.0. The Morgan fingerprint density at radius 3 is 2.55 bits per heavy atom. The quantitative estimate of drug-likeness (QED) is 0.776. The number of carbonyl (C=O) groups excluding carboxylic acids is 2. The normalized spacial score (nSPS) is 17.1. The zero-order chi connectivity index (χ0) is 21.1. The van der Waals surface area contributed by atoms with Crippen LogP contribution in [0, 0.1) is 17.6 Å². The first kappa shape index (κ1) is 20.6. The van der Waals surface area contributed by atoms with Crippen LogP contribution >= 0.6 is 0 Å². The van der Waals surface area contributed by atoms with Gasteiger partial charge in [-0.25, -0.2) is 8.78 Å². The summed E-state index contributed by atoms with van der Waals surface area (Å²) in [6.45, 7) is 3.21. The minimum absolute atomic E-state index is 0.0248. The van der Waals surface area contributed by atoms with E-state index < -0.39 is 23.6 Å². The minimum Gasteiger partial charge on any atom is -0.494 e. The second-order valence-electron chi connectivity index (χ2n) is 7.21. The molecular weight excluding hydrogens is 380 g/mol. The molecule has 2 amide bonds. The van der Waals surface area contributed by atoms with Gasteiger partial charge in [0.1, 0.15) is 11.9 Å². The second-order valence-corrected chi connectivity index (χ2v) is 7.21. The highest BCUT2D eigenvalue weighted by Gasteiger charge is 2.31. The standard InChI is InChI=1S/C21H23F2N3O3/c1-12-7-8-26(11-12)21(28)19(13-3-6-16(23)18(10-13)29-2)25-17-9-14(20(24)27)4-5-15(17)22/h3-6,9-10,12,19,25H,7-8,11H2,1-2H3,(H2,24,27)/t12-,19+/m1/s1. The fraction of sp³-hybridized carbons (Fsp3) is 0.333. The number of ether oxygens (including phenoxy) is 1. The van der Waals surface area contributed by atoms with E-state index in [0.717, 1.165) is 12.5 Å². The summed E-state index contributed by atoms with van der Waals surface area (Å²) >= 11 is 0. The van der Waals surface area contributed by atoms with Gasteiger partial charge in [0, 0.05) is 18.7 Å². The summed E-state index contributed by atoms with van der Waals surface area (Å²) < 4.78 is 33.3. The summed E-state index contributed by atoms with van der Waals surface area (Å²) in [6, 6.07) is 6.68. The van der Waals surface area contributed by atoms with E-state index in [-0.39, 0.29) is 22.9 Å². The van der Waals surface area contributed by atoms with E-state index in [1.807, 2.05) is 6.92 Å². The number of amides is 2. The van der Waals surface area contributed by atoms with Gasteiger partial charge in [0.25, 0.3) is 0 Å². The molecule has 0 bridgehead atoms. The summed E-state index contributed by atoms with van der Waals surface area (Å²) in [7, 11) is 1.32. The Bertz CT molecular complexity index is 935. The molecule has 0 saturated carbocycles. The lowest BCUT2D eigenvalue weighted by Gasteiger charge is -2.26. The largest absolute Gasteiger partial charge is 0.494 e. The Balaban J connectivity index is 2.00. The predicted octanol–water partition coefficient (Wildman–Crippen LogP) is 3.09. The lowest BCUT2D eigenvalue weighted by Crippen LogP contribution is -2.36. The average Bonchev–Trinajstić information content (AvgIpc) is 3.13. The van der Waals surface area contributed by atoms with E-state index in [1.165, 1.54) is 37.4 Å². The second kappa shape index (κ2) is 8.46. The minimum atomic E-state index is -0.993. The van der Waals surface area contributed by atoms with E-state index >= 15 is 0 Å². The Hall–Kier alpha value is -3.16. The summed E-state index contributed by atoms with van der Waals surface area (Å²) in [5, 5.41) is 2.87. The smallest absolute Gasteiger partial charge is 0.249 e. The number of nitrogens with zero attached hydrogens (tertiary/aromatic N) is 1. The van der Waals surface area contributed by atoms with E-state index in [0.29, 0.717) is 24.6 Å². The highest BCUT2D eigenvalue weighted by molar-refractivity contribution is 5.94. The number of halogens is 2. The van der Waals surface area contributed by atoms with E-state index in [2.05, 4.69) is 5.32 Å². The van der Waals surface area contributed by atoms with Crippen LogP contribution in [0.25, 0.3) is 0 Å². The van der Waals surface area contributed by atoms with Crippen LogP contribution < -0.4 is 15.8 Å². The molecule has 0 aromatic heterocycles. The van der Waals surface area contributed by atoms with E-state index in [1.54, 1.807) is 4.90 Å². The fourth-order valence-electron chi connectivity index (χ4n) is 3.41. The molecule has 2 aromatic carbocycles. The molecule has 1 aliphatic heterocycles. The van der Waals surface area contributed by atoms with Gasteiger partial charge in [0.2, 0.25) is 11.8 Å². The third-order valence-corrected chi connectivity index (χ3v) is 5.04. The molecular formula is C21H23F2N3O3. The number of benzene rings is 2. The molecule has 1 fully saturated rings. The SMILES string of the molecule is COc1cc([C@H](Nc2cc(C(N)=O)ccc2F)C(=O)N2CC[C@@H](C)C2)ccc1F. The maximum absolute atomic E-state index is 14.4. The van der Waals surface area contributed by atoms with Crippen molar-refractivity contribution >= 4 is 17.5 Å². The van der Waals surface area contributed by atoms with Crippen molar-refractivity contribution in [1.29, 1.82) is 0 Å². The number of hydrogen-bond donors (Lipinski definition) is 2. The molecule has 1 aliphatic rings. The van der Waals surface area contributed by atoms with Gasteiger partial charge in [0.15, 0.2) is 11.6 Å². The third-order valence-electron chi connectivity index (χ3n) is 5.04. The molecule has 154 valence electrons. The number of methoxy groups -OCH3 is 1. The molecule has 0 spiro atoms. The summed E-state index contributed by atoms with van der Waals surface area (Å²) in [4.78, 5) is 26.4. The number of primary amides is 1. The maximum atomic E-state index is 14.4. The van der Waals surface area contributed by atoms with Gasteiger partial charge in [0.05, 0.1) is 12.8 Å². The Morgan fingerprint density at radius 2 is 1.93 bits per heavy atom. The maximum Gasteiger partial charge on any atom is 0.249 e. The first-order valence-corrected chi connectivity index (χ1v) is 9.28. The average molecular weight is 403 g/mol. The van der Waals surface area contributed by atoms with Crippen LogP contribution in [0.4, 0.5) is 14.5 Å². The fourth-order valence-corrected chi connectivity index (χ4v) is 3.41. The molecule has 1 saturated heterocycles. The molecule has 0 aliphatic carbocycles. The number of carbonyl (C=O) groups is 2. The molecule has 3 rings (SSSR count). The van der Waals surface area contributed by atoms with Gasteiger partial charge in [-0.1, -0.05) is 13.0 Å². The highest BCUT2D eigenvalue weighted by atomic mass is 19.1. The number of hydrogen-bond acceptors (Lipinski definition) is 4. The van der Waals surface area contributed by atoms with Gasteiger partial charge in [-0.05, 0) is 48.2 Å². The van der Waals surface area contributed by atoms with Crippen molar-refractivity contribution in [3.05, 3.63) is 59.2 Å². The van der Waals surface area contributed by atoms with Crippen LogP contribution in [0.15, 0.2) is 36.4 Å². The molecule has 0 unspecified atom stereocenters. The van der Waals surface area contributed by atoms with Gasteiger partial charge in [-0.3, -0.25) is 9.59 Å². The highest BCUT2D eigenvalue weighted by Crippen LogP contribution is 2.30. The van der Waals surface area contributed by atoms with Gasteiger partial charge in [-0.2, -0.15) is 0 Å². The predicted molar refractivity (Wildman–Crippen MR) is 105 cm³/mol. The summed E-state index contributed by atoms with van der Waals surface area (Å²) in [6.07, 6.45) is 0.872. The van der Waals surface area contributed by atoms with Crippen LogP contribution in [0.1, 0.15) is 35.3 Å². The molecule has 6 nitrogen and oxygen atoms in total. The molecule has 2 atom stereocenters. The van der Waals surface area contributed by atoms with E-state index in [9.17, 15) is 18.4 Å². The van der Waals surface area contributed by atoms with Crippen LogP contribution in [0.3, 0.4) is 0 Å². The Labute approximate surface area is 167 Å². The number of nitrogens with one attached hydrogen (secondary N) is 1. The van der Waals surface area contributed by atoms with Gasteiger partial charge in [-0.15, -0.1) is 0 Å². The molecule has 29 heavy (non-hydrogen) atoms. The summed E-state index contributed by atoms with van der Waals surface area (Å²) in [5.74, 6) is -1.86. The molecule has 8 heteroatoms. The number of likely N-dealkylation sites (tertiary alicyclic amines) is 1. The van der Waals surface area contributed by atoms with E-state index in [4.69, 9.17) is 10.5 Å². The van der Waals surface area contributed by atoms with Crippen molar-refractivity contribution in [2.24, 2.45) is 11.7 Å². The van der Waals surface area contributed by atoms with Crippen molar-refractivity contribution in [2.45, 2.75) is 19.4 Å². The zero-order valence-corrected chi connectivity index (χ0v) is 16.2. The van der Waals surface area contributed by atoms with Crippen molar-refractivity contribution in [1.82, 2.24) is 4.90 Å². The lowest BCUT2D eigenvalue weighted by molar-refractivity contribution is -0.131. The summed E-state index contributed by atoms with van der Waals surface area (Å²) in [5.41, 5.74) is 5.75. The first-order valence-electron chi connectivity index (χ1n) is 9.28. The van der Waals surface area contributed by atoms with Gasteiger partial charge >= 0.3 is 0 Å². The van der Waals surface area contributed by atoms with Gasteiger partial charge < -0.3 is 20.7 Å². The Kier molecular flexibility index (Phi) is 6.00. The van der Waals surface area contributed by atoms with Crippen molar-refractivity contribution in [3.63, 3.8) is 0 Å².